The summed E-state index contributed by atoms with van der Waals surface area (Å²) in [6, 6.07) is 14.8. The van der Waals surface area contributed by atoms with Crippen LogP contribution in [0.25, 0.3) is 21.9 Å². The van der Waals surface area contributed by atoms with Crippen LogP contribution < -0.4 is 9.47 Å². The number of unbranched alkanes of at least 4 members (excludes halogenated alkanes) is 2. The minimum atomic E-state index is -3.09. The highest BCUT2D eigenvalue weighted by atomic mass is 19.3. The van der Waals surface area contributed by atoms with E-state index in [4.69, 9.17) is 4.74 Å². The molecule has 0 aliphatic rings. The van der Waals surface area contributed by atoms with Gasteiger partial charge in [0.05, 0.1) is 0 Å². The fourth-order valence-corrected chi connectivity index (χ4v) is 3.40. The lowest BCUT2D eigenvalue weighted by Gasteiger charge is -2.15. The van der Waals surface area contributed by atoms with Crippen LogP contribution in [0.3, 0.4) is 0 Å². The van der Waals surface area contributed by atoms with Crippen LogP contribution in [0.5, 0.6) is 11.5 Å². The molecular weight excluding hydrogens is 389 g/mol. The zero-order valence-electron chi connectivity index (χ0n) is 17.0. The second kappa shape index (κ2) is 10.2. The lowest BCUT2D eigenvalue weighted by Crippen LogP contribution is -2.06. The van der Waals surface area contributed by atoms with E-state index in [1.165, 1.54) is 30.5 Å². The van der Waals surface area contributed by atoms with Crippen molar-refractivity contribution in [3.05, 3.63) is 72.6 Å². The number of halogens is 3. The Labute approximate surface area is 174 Å². The van der Waals surface area contributed by atoms with E-state index in [1.807, 2.05) is 18.2 Å². The van der Waals surface area contributed by atoms with Crippen molar-refractivity contribution in [3.8, 4) is 22.6 Å². The Morgan fingerprint density at radius 3 is 2.40 bits per heavy atom. The maximum absolute atomic E-state index is 15.0. The van der Waals surface area contributed by atoms with Crippen LogP contribution in [0.4, 0.5) is 13.2 Å². The van der Waals surface area contributed by atoms with Crippen LogP contribution in [0, 0.1) is 5.82 Å². The van der Waals surface area contributed by atoms with Crippen molar-refractivity contribution in [2.45, 2.75) is 39.2 Å². The highest BCUT2D eigenvalue weighted by molar-refractivity contribution is 5.90. The molecule has 0 unspecified atom stereocenters. The van der Waals surface area contributed by atoms with Gasteiger partial charge in [-0.15, -0.1) is 0 Å². The van der Waals surface area contributed by atoms with Crippen molar-refractivity contribution in [1.82, 2.24) is 0 Å². The standard InChI is InChI=1S/C25H25F3O2/c1-3-5-6-7-17-8-10-18(11-9-17)19-12-13-21-20(15-19)16-22(30-25(27)28)24(23(21)26)29-14-4-2/h4,8-13,15-16,25H,2-3,5-7,14H2,1H3. The van der Waals surface area contributed by atoms with Crippen LogP contribution in [0.1, 0.15) is 31.7 Å². The molecule has 0 saturated carbocycles. The molecule has 0 bridgehead atoms. The van der Waals surface area contributed by atoms with Gasteiger partial charge in [-0.25, -0.2) is 4.39 Å². The van der Waals surface area contributed by atoms with Gasteiger partial charge in [0.1, 0.15) is 6.61 Å². The molecule has 0 N–H and O–H groups in total. The number of fused-ring (bicyclic) bond motifs is 1. The number of alkyl halides is 2. The molecule has 0 aliphatic heterocycles. The third-order valence-electron chi connectivity index (χ3n) is 4.92. The Hall–Kier alpha value is -2.95. The Balaban J connectivity index is 1.95. The first-order valence-electron chi connectivity index (χ1n) is 10.1. The van der Waals surface area contributed by atoms with E-state index in [0.717, 1.165) is 24.0 Å². The first-order chi connectivity index (χ1) is 14.5. The van der Waals surface area contributed by atoms with Crippen LogP contribution >= 0.6 is 0 Å². The first kappa shape index (κ1) is 21.8. The maximum atomic E-state index is 15.0. The van der Waals surface area contributed by atoms with Gasteiger partial charge in [0.15, 0.2) is 17.3 Å². The molecule has 158 valence electrons. The molecule has 30 heavy (non-hydrogen) atoms. The van der Waals surface area contributed by atoms with Crippen molar-refractivity contribution >= 4 is 10.8 Å². The summed E-state index contributed by atoms with van der Waals surface area (Å²) in [6.07, 6.45) is 6.00. The van der Waals surface area contributed by atoms with Gasteiger partial charge >= 0.3 is 6.61 Å². The van der Waals surface area contributed by atoms with E-state index in [0.29, 0.717) is 5.39 Å². The quantitative estimate of drug-likeness (QED) is 0.252. The van der Waals surface area contributed by atoms with E-state index in [9.17, 15) is 13.2 Å². The second-order valence-corrected chi connectivity index (χ2v) is 7.09. The maximum Gasteiger partial charge on any atom is 0.387 e. The summed E-state index contributed by atoms with van der Waals surface area (Å²) in [5.41, 5.74) is 3.11. The Morgan fingerprint density at radius 1 is 1.00 bits per heavy atom. The van der Waals surface area contributed by atoms with Gasteiger partial charge < -0.3 is 9.47 Å². The fourth-order valence-electron chi connectivity index (χ4n) is 3.40. The number of hydrogen-bond acceptors (Lipinski definition) is 2. The average molecular weight is 414 g/mol. The van der Waals surface area contributed by atoms with E-state index < -0.39 is 12.4 Å². The molecule has 0 amide bonds. The molecule has 0 aromatic heterocycles. The SMILES string of the molecule is C=CCOc1c(OC(F)F)cc2cc(-c3ccc(CCCCC)cc3)ccc2c1F. The zero-order valence-corrected chi connectivity index (χ0v) is 17.0. The lowest BCUT2D eigenvalue weighted by atomic mass is 9.98. The Bertz CT molecular complexity index is 997. The third kappa shape index (κ3) is 5.15. The normalized spacial score (nSPS) is 11.1. The molecule has 2 nitrogen and oxygen atoms in total. The van der Waals surface area contributed by atoms with Crippen molar-refractivity contribution in [1.29, 1.82) is 0 Å². The Morgan fingerprint density at radius 2 is 1.73 bits per heavy atom. The molecule has 3 rings (SSSR count). The van der Waals surface area contributed by atoms with E-state index in [1.54, 1.807) is 12.1 Å². The first-order valence-corrected chi connectivity index (χ1v) is 10.1. The summed E-state index contributed by atoms with van der Waals surface area (Å²) < 4.78 is 50.4. The number of benzene rings is 3. The van der Waals surface area contributed by atoms with Gasteiger partial charge in [-0.2, -0.15) is 8.78 Å². The van der Waals surface area contributed by atoms with Gasteiger partial charge in [0.25, 0.3) is 0 Å². The summed E-state index contributed by atoms with van der Waals surface area (Å²) in [6.45, 7) is 2.56. The average Bonchev–Trinajstić information content (AvgIpc) is 2.73. The predicted octanol–water partition coefficient (Wildman–Crippen LogP) is 7.54. The molecule has 0 heterocycles. The highest BCUT2D eigenvalue weighted by Gasteiger charge is 2.19. The highest BCUT2D eigenvalue weighted by Crippen LogP contribution is 2.38. The monoisotopic (exact) mass is 414 g/mol. The molecule has 5 heteroatoms. The van der Waals surface area contributed by atoms with Crippen molar-refractivity contribution in [3.63, 3.8) is 0 Å². The van der Waals surface area contributed by atoms with Crippen LogP contribution in [-0.4, -0.2) is 13.2 Å². The van der Waals surface area contributed by atoms with Gasteiger partial charge in [0, 0.05) is 5.39 Å². The number of ether oxygens (including phenoxy) is 2. The van der Waals surface area contributed by atoms with E-state index >= 15 is 0 Å². The topological polar surface area (TPSA) is 18.5 Å². The molecule has 0 fully saturated rings. The largest absolute Gasteiger partial charge is 0.483 e. The summed E-state index contributed by atoms with van der Waals surface area (Å²) in [7, 11) is 0. The summed E-state index contributed by atoms with van der Waals surface area (Å²) in [4.78, 5) is 0. The molecule has 3 aromatic rings. The van der Waals surface area contributed by atoms with Gasteiger partial charge in [-0.1, -0.05) is 68.8 Å². The van der Waals surface area contributed by atoms with Crippen molar-refractivity contribution < 1.29 is 22.6 Å². The second-order valence-electron chi connectivity index (χ2n) is 7.09. The minimum absolute atomic E-state index is 0.0231. The van der Waals surface area contributed by atoms with E-state index in [-0.39, 0.29) is 23.5 Å². The van der Waals surface area contributed by atoms with Gasteiger partial charge in [-0.05, 0) is 47.1 Å². The number of aryl methyl sites for hydroxylation is 1. The molecular formula is C25H25F3O2. The lowest BCUT2D eigenvalue weighted by molar-refractivity contribution is -0.0515. The molecule has 0 radical (unpaired) electrons. The summed E-state index contributed by atoms with van der Waals surface area (Å²) in [5.74, 6) is -1.41. The molecule has 3 aromatic carbocycles. The van der Waals surface area contributed by atoms with Crippen molar-refractivity contribution in [2.75, 3.05) is 6.61 Å². The summed E-state index contributed by atoms with van der Waals surface area (Å²) >= 11 is 0. The summed E-state index contributed by atoms with van der Waals surface area (Å²) in [5, 5.41) is 0.731. The van der Waals surface area contributed by atoms with Gasteiger partial charge in [-0.3, -0.25) is 0 Å². The third-order valence-corrected chi connectivity index (χ3v) is 4.92. The predicted molar refractivity (Wildman–Crippen MR) is 115 cm³/mol. The minimum Gasteiger partial charge on any atom is -0.483 e. The fraction of sp³-hybridized carbons (Fsp3) is 0.280. The van der Waals surface area contributed by atoms with Crippen LogP contribution in [-0.2, 0) is 6.42 Å². The van der Waals surface area contributed by atoms with Crippen LogP contribution in [0.15, 0.2) is 61.2 Å². The Kier molecular flexibility index (Phi) is 7.39. The van der Waals surface area contributed by atoms with Crippen molar-refractivity contribution in [2.24, 2.45) is 0 Å². The smallest absolute Gasteiger partial charge is 0.387 e. The molecule has 0 spiro atoms. The zero-order chi connectivity index (χ0) is 21.5. The molecule has 0 saturated heterocycles. The van der Waals surface area contributed by atoms with Gasteiger partial charge in [0.2, 0.25) is 0 Å². The number of hydrogen-bond donors (Lipinski definition) is 0. The molecule has 0 atom stereocenters. The van der Waals surface area contributed by atoms with Crippen LogP contribution in [0.2, 0.25) is 0 Å². The van der Waals surface area contributed by atoms with E-state index in [2.05, 4.69) is 30.4 Å². The molecule has 0 aliphatic carbocycles. The number of rotatable bonds is 10.